The SMILES string of the molecule is CCOc1ccc(-c2nnc(CCCOc3ccc(S(=O)(=O)C4(C(=O)NO)CCOCC4)cc3)o2)cc1OCC.COCCN1CCC(C(=O)NO)(S(=O)(=O)c2ccc(OCCCc3nc(-c4ccc(OC(F)(F)F)cc4)no3)cc2)CC1.COc1cc(SC)ccc1-c1nnc(CCCOc2ccc(S(=O)(=O)C3(C(=O)NO)CCOCC3)cc2)o1. The van der Waals surface area contributed by atoms with Crippen molar-refractivity contribution < 1.29 is 129 Å². The lowest BCUT2D eigenvalue weighted by Crippen LogP contribution is -2.57. The Morgan fingerprint density at radius 1 is 0.504 bits per heavy atom. The number of likely N-dealkylation sites (tertiary alicyclic amines) is 1. The molecule has 3 fully saturated rings. The van der Waals surface area contributed by atoms with Gasteiger partial charge < -0.3 is 65.6 Å². The summed E-state index contributed by atoms with van der Waals surface area (Å²) in [6, 6.07) is 33.7. The Hall–Kier alpha value is -10.5. The van der Waals surface area contributed by atoms with Crippen LogP contribution in [0.2, 0.25) is 0 Å². The highest BCUT2D eigenvalue weighted by molar-refractivity contribution is 7.98. The summed E-state index contributed by atoms with van der Waals surface area (Å²) in [4.78, 5) is 44.6. The number of nitrogens with zero attached hydrogens (tertiary/aromatic N) is 7. The molecule has 0 atom stereocenters. The smallest absolute Gasteiger partial charge is 0.496 e. The number of carbonyl (C=O) groups is 3. The second kappa shape index (κ2) is 42.8. The second-order valence-corrected chi connectivity index (χ2v) is 35.0. The third kappa shape index (κ3) is 22.8. The van der Waals surface area contributed by atoms with E-state index in [1.807, 2.05) is 55.3 Å². The van der Waals surface area contributed by atoms with Gasteiger partial charge in [0.15, 0.2) is 55.3 Å². The van der Waals surface area contributed by atoms with Crippen LogP contribution in [-0.4, -0.2) is 221 Å². The number of thioether (sulfide) groups is 1. The summed E-state index contributed by atoms with van der Waals surface area (Å²) in [5.41, 5.74) is 6.45. The first-order chi connectivity index (χ1) is 58.1. The van der Waals surface area contributed by atoms with Crippen molar-refractivity contribution in [2.75, 3.05) is 106 Å². The fourth-order valence-electron chi connectivity index (χ4n) is 13.4. The normalized spacial score (nSPS) is 15.2. The molecule has 9 aromatic rings. The molecule has 6 heterocycles. The van der Waals surface area contributed by atoms with Crippen molar-refractivity contribution in [1.29, 1.82) is 0 Å². The van der Waals surface area contributed by atoms with E-state index in [0.717, 1.165) is 22.6 Å². The number of ether oxygens (including phenoxy) is 10. The first-order valence-corrected chi connectivity index (χ1v) is 43.9. The van der Waals surface area contributed by atoms with Gasteiger partial charge in [-0.1, -0.05) is 5.16 Å². The van der Waals surface area contributed by atoms with Gasteiger partial charge in [-0.25, -0.2) is 41.7 Å². The van der Waals surface area contributed by atoms with Crippen molar-refractivity contribution in [2.45, 2.75) is 131 Å². The maximum atomic E-state index is 13.6. The zero-order valence-corrected chi connectivity index (χ0v) is 69.9. The number of hydrogen-bond donors (Lipinski definition) is 6. The first kappa shape index (κ1) is 92.7. The highest BCUT2D eigenvalue weighted by atomic mass is 32.2. The maximum absolute atomic E-state index is 13.6. The highest BCUT2D eigenvalue weighted by Gasteiger charge is 2.55. The van der Waals surface area contributed by atoms with Gasteiger partial charge in [-0.2, -0.15) is 4.98 Å². The number of aromatic nitrogens is 6. The Bertz CT molecular complexity index is 5220. The molecule has 0 radical (unpaired) electrons. The largest absolute Gasteiger partial charge is 0.573 e. The fraction of sp³-hybridized carbons (Fsp3) is 0.430. The van der Waals surface area contributed by atoms with E-state index in [1.54, 1.807) is 37.5 Å². The topological polar surface area (TPSA) is 463 Å². The molecule has 121 heavy (non-hydrogen) atoms. The molecule has 3 aromatic heterocycles. The highest BCUT2D eigenvalue weighted by Crippen LogP contribution is 2.41. The number of methoxy groups -OCH3 is 2. The standard InChI is InChI=1S/C27H31F3N4O8S.C27H33N3O9S.C25H29N3O8S2/c1-39-18-16-34-14-12-26(13-15-34,25(35)32-36)43(37,38)22-10-8-20(9-11-22)40-17-2-3-23-31-24(33-42-23)19-4-6-21(7-5-19)41-27(28,29)30;1-3-36-22-12-7-19(18-23(22)37-4-2)25-29-28-24(39-25)6-5-15-38-20-8-10-21(11-9-20)40(33,34)27(26(31)30-32)13-16-35-17-14-27;1-33-21-16-18(37-2)7-10-20(21)23-27-26-22(36-23)4-3-13-35-17-5-8-19(9-6-17)38(31,32)25(24(29)28-30)11-14-34-15-12-25/h4-11,36H,2-3,12-18H2,1H3,(H,32,35);7-12,18,32H,3-6,13-17H2,1-2H3,(H,30,31);5-10,16,30H,3-4,11-15H2,1-2H3,(H,28,29). The number of piperidine rings is 1. The van der Waals surface area contributed by atoms with E-state index in [-0.39, 0.29) is 97.8 Å². The molecule has 0 saturated carbocycles. The summed E-state index contributed by atoms with van der Waals surface area (Å²) in [5.74, 6) is 2.18. The molecule has 35 nitrogen and oxygen atoms in total. The molecule has 0 spiro atoms. The molecular formula is C79H93F3N10O25S4. The molecule has 42 heteroatoms. The number of nitrogens with one attached hydrogen (secondary N) is 3. The number of hydroxylamine groups is 3. The van der Waals surface area contributed by atoms with Crippen molar-refractivity contribution in [3.05, 3.63) is 151 Å². The van der Waals surface area contributed by atoms with Crippen LogP contribution in [-0.2, 0) is 77.4 Å². The van der Waals surface area contributed by atoms with Crippen molar-refractivity contribution in [1.82, 2.24) is 51.9 Å². The zero-order valence-electron chi connectivity index (χ0n) is 66.6. The number of aryl methyl sites for hydroxylation is 3. The molecule has 3 saturated heterocycles. The summed E-state index contributed by atoms with van der Waals surface area (Å²) in [6.45, 7) is 7.91. The van der Waals surface area contributed by atoms with E-state index in [4.69, 9.17) is 61.2 Å². The lowest BCUT2D eigenvalue weighted by Gasteiger charge is -2.39. The van der Waals surface area contributed by atoms with Gasteiger partial charge in [0.2, 0.25) is 29.4 Å². The van der Waals surface area contributed by atoms with E-state index < -0.39 is 67.8 Å². The van der Waals surface area contributed by atoms with Crippen LogP contribution >= 0.6 is 11.8 Å². The Labute approximate surface area is 699 Å². The van der Waals surface area contributed by atoms with E-state index in [1.165, 1.54) is 95.9 Å². The third-order valence-corrected chi connectivity index (χ3v) is 28.2. The summed E-state index contributed by atoms with van der Waals surface area (Å²) < 4.78 is 182. The first-order valence-electron chi connectivity index (χ1n) is 38.2. The van der Waals surface area contributed by atoms with Crippen LogP contribution in [0.15, 0.2) is 166 Å². The molecule has 0 unspecified atom stereocenters. The molecular weight excluding hydrogens is 1670 g/mol. The monoisotopic (exact) mass is 1770 g/mol. The number of hydrogen-bond acceptors (Lipinski definition) is 33. The Morgan fingerprint density at radius 3 is 1.37 bits per heavy atom. The average molecular weight is 1770 g/mol. The Kier molecular flexibility index (Phi) is 32.8. The van der Waals surface area contributed by atoms with Crippen LogP contribution < -0.4 is 49.6 Å². The van der Waals surface area contributed by atoms with Crippen LogP contribution in [0.1, 0.15) is 89.3 Å². The predicted molar refractivity (Wildman–Crippen MR) is 425 cm³/mol. The fourth-order valence-corrected chi connectivity index (χ4v) is 19.6. The molecule has 12 rings (SSSR count). The quantitative estimate of drug-likeness (QED) is 0.00912. The van der Waals surface area contributed by atoms with E-state index >= 15 is 0 Å². The number of rotatable bonds is 37. The minimum atomic E-state index is -4.79. The zero-order chi connectivity index (χ0) is 86.9. The molecule has 3 aliphatic rings. The molecule has 6 N–H and O–H groups in total. The second-order valence-electron chi connectivity index (χ2n) is 27.3. The van der Waals surface area contributed by atoms with Crippen LogP contribution in [0, 0.1) is 0 Å². The number of carbonyl (C=O) groups excluding carboxylic acids is 3. The number of benzene rings is 6. The third-order valence-electron chi connectivity index (χ3n) is 20.0. The lowest BCUT2D eigenvalue weighted by atomic mass is 9.95. The van der Waals surface area contributed by atoms with Crippen molar-refractivity contribution in [3.63, 3.8) is 0 Å². The summed E-state index contributed by atoms with van der Waals surface area (Å²) >= 11 is 1.61. The van der Waals surface area contributed by atoms with Crippen LogP contribution in [0.5, 0.6) is 40.2 Å². The number of amides is 3. The predicted octanol–water partition coefficient (Wildman–Crippen LogP) is 10.1. The molecule has 654 valence electrons. The van der Waals surface area contributed by atoms with Gasteiger partial charge in [-0.15, -0.1) is 45.3 Å². The molecule has 0 aliphatic carbocycles. The van der Waals surface area contributed by atoms with Crippen LogP contribution in [0.25, 0.3) is 34.3 Å². The lowest BCUT2D eigenvalue weighted by molar-refractivity contribution is -0.274. The van der Waals surface area contributed by atoms with Gasteiger partial charge >= 0.3 is 6.36 Å². The molecule has 6 aromatic carbocycles. The summed E-state index contributed by atoms with van der Waals surface area (Å²) in [7, 11) is -9.18. The van der Waals surface area contributed by atoms with Crippen LogP contribution in [0.3, 0.4) is 0 Å². The van der Waals surface area contributed by atoms with Gasteiger partial charge in [0.25, 0.3) is 23.6 Å². The molecule has 0 bridgehead atoms. The van der Waals surface area contributed by atoms with E-state index in [9.17, 15) is 63.2 Å². The van der Waals surface area contributed by atoms with Gasteiger partial charge in [0, 0.05) is 88.5 Å². The minimum Gasteiger partial charge on any atom is -0.496 e. The number of halogens is 3. The van der Waals surface area contributed by atoms with Gasteiger partial charge in [-0.3, -0.25) is 30.0 Å². The van der Waals surface area contributed by atoms with Gasteiger partial charge in [0.05, 0.1) is 67.0 Å². The van der Waals surface area contributed by atoms with E-state index in [2.05, 4.69) is 35.3 Å². The summed E-state index contributed by atoms with van der Waals surface area (Å²) in [5, 5.41) is 48.0. The van der Waals surface area contributed by atoms with Crippen LogP contribution in [0.4, 0.5) is 13.2 Å². The number of sulfone groups is 3. The van der Waals surface area contributed by atoms with Crippen molar-refractivity contribution in [2.24, 2.45) is 0 Å². The Morgan fingerprint density at radius 2 is 0.934 bits per heavy atom. The van der Waals surface area contributed by atoms with Crippen molar-refractivity contribution >= 4 is 59.0 Å². The number of alkyl halides is 3. The molecule has 3 amide bonds. The van der Waals surface area contributed by atoms with Crippen molar-refractivity contribution in [3.8, 4) is 74.5 Å². The minimum absolute atomic E-state index is 0.0128. The Balaban J connectivity index is 0.000000191. The molecule has 3 aliphatic heterocycles. The van der Waals surface area contributed by atoms with Gasteiger partial charge in [0.1, 0.15) is 28.7 Å². The van der Waals surface area contributed by atoms with E-state index in [0.29, 0.717) is 166 Å². The summed E-state index contributed by atoms with van der Waals surface area (Å²) in [6.07, 6.45) is -0.00869. The van der Waals surface area contributed by atoms with Gasteiger partial charge in [-0.05, 0) is 211 Å². The average Bonchev–Trinajstić information content (AvgIpc) is 1.40. The maximum Gasteiger partial charge on any atom is 0.573 e.